The molecule has 1 aromatic carbocycles. The number of carbonyl (C=O) groups is 2. The standard InChI is InChI=1S/C27H31Br2N5O3/c28-20-4-3-18-1-2-19-14-21(35)15-22(29)24(19)26(25(18)31-16-20)33-11-9-32(10-12-33)23(36)13-17-5-7-34(8-6-17)27(30)37/h3,14-17,26,35H,1-2,5-13H2,(H2,30,37). The molecule has 196 valence electrons. The predicted molar refractivity (Wildman–Crippen MR) is 150 cm³/mol. The summed E-state index contributed by atoms with van der Waals surface area (Å²) >= 11 is 7.24. The zero-order chi connectivity index (χ0) is 26.1. The molecule has 3 amide bonds. The molecule has 0 saturated carbocycles. The average Bonchev–Trinajstić information content (AvgIpc) is 3.15. The van der Waals surface area contributed by atoms with Crippen LogP contribution >= 0.6 is 31.9 Å². The van der Waals surface area contributed by atoms with Crippen LogP contribution in [0.3, 0.4) is 0 Å². The quantitative estimate of drug-likeness (QED) is 0.487. The van der Waals surface area contributed by atoms with Crippen LogP contribution < -0.4 is 5.73 Å². The SMILES string of the molecule is NC(=O)N1CCC(CC(=O)N2CCN(C3C4=C(C=C=C(Br)C=N4)CCc4cc(O)cc(Br)c43)CC2)CC1. The number of piperazine rings is 1. The van der Waals surface area contributed by atoms with Crippen LogP contribution in [-0.2, 0) is 11.2 Å². The number of nitrogens with zero attached hydrogens (tertiary/aromatic N) is 4. The Bertz CT molecular complexity index is 1220. The maximum atomic E-state index is 13.1. The Morgan fingerprint density at radius 2 is 1.78 bits per heavy atom. The van der Waals surface area contributed by atoms with Gasteiger partial charge in [-0.15, -0.1) is 5.73 Å². The number of aryl methyl sites for hydroxylation is 1. The molecule has 2 fully saturated rings. The Morgan fingerprint density at radius 3 is 2.49 bits per heavy atom. The fraction of sp³-hybridized carbons (Fsp3) is 0.481. The lowest BCUT2D eigenvalue weighted by molar-refractivity contribution is -0.134. The number of aromatic hydroxyl groups is 1. The maximum Gasteiger partial charge on any atom is 0.314 e. The molecular weight excluding hydrogens is 602 g/mol. The lowest BCUT2D eigenvalue weighted by atomic mass is 9.93. The van der Waals surface area contributed by atoms with Crippen molar-refractivity contribution in [2.24, 2.45) is 16.6 Å². The number of phenolic OH excluding ortho intramolecular Hbond substituents is 1. The fourth-order valence-corrected chi connectivity index (χ4v) is 6.74. The van der Waals surface area contributed by atoms with E-state index in [0.29, 0.717) is 38.5 Å². The number of benzene rings is 1. The third-order valence-corrected chi connectivity index (χ3v) is 8.94. The second kappa shape index (κ2) is 11.2. The number of hydrogen-bond acceptors (Lipinski definition) is 5. The van der Waals surface area contributed by atoms with Gasteiger partial charge >= 0.3 is 6.03 Å². The van der Waals surface area contributed by atoms with Gasteiger partial charge in [0.05, 0.1) is 16.2 Å². The first-order valence-corrected chi connectivity index (χ1v) is 14.4. The van der Waals surface area contributed by atoms with Crippen molar-refractivity contribution in [2.75, 3.05) is 39.3 Å². The van der Waals surface area contributed by atoms with Crippen LogP contribution in [0, 0.1) is 5.92 Å². The van der Waals surface area contributed by atoms with Gasteiger partial charge in [0.1, 0.15) is 5.75 Å². The summed E-state index contributed by atoms with van der Waals surface area (Å²) in [6.07, 6.45) is 7.59. The number of aliphatic imine (C=N–C) groups is 1. The number of primary amides is 1. The first kappa shape index (κ1) is 26.2. The molecule has 5 rings (SSSR count). The van der Waals surface area contributed by atoms with E-state index in [1.165, 1.54) is 0 Å². The molecule has 37 heavy (non-hydrogen) atoms. The number of piperidine rings is 1. The van der Waals surface area contributed by atoms with Crippen molar-refractivity contribution in [3.05, 3.63) is 55.3 Å². The second-order valence-corrected chi connectivity index (χ2v) is 11.8. The summed E-state index contributed by atoms with van der Waals surface area (Å²) in [6.45, 7) is 4.03. The van der Waals surface area contributed by atoms with Gasteiger partial charge in [0, 0.05) is 56.4 Å². The molecule has 1 aliphatic carbocycles. The van der Waals surface area contributed by atoms with Gasteiger partial charge in [-0.3, -0.25) is 14.7 Å². The van der Waals surface area contributed by atoms with Gasteiger partial charge in [-0.25, -0.2) is 4.79 Å². The van der Waals surface area contributed by atoms with Crippen molar-refractivity contribution in [3.8, 4) is 5.75 Å². The number of likely N-dealkylation sites (tertiary alicyclic amines) is 1. The first-order valence-electron chi connectivity index (χ1n) is 12.8. The highest BCUT2D eigenvalue weighted by Gasteiger charge is 2.35. The third kappa shape index (κ3) is 5.72. The van der Waals surface area contributed by atoms with Crippen LogP contribution in [0.2, 0.25) is 0 Å². The fourth-order valence-electron chi connectivity index (χ4n) is 5.82. The number of urea groups is 1. The molecule has 3 heterocycles. The van der Waals surface area contributed by atoms with E-state index in [1.54, 1.807) is 17.2 Å². The summed E-state index contributed by atoms with van der Waals surface area (Å²) in [7, 11) is 0. The first-order chi connectivity index (χ1) is 17.8. The topological polar surface area (TPSA) is 102 Å². The van der Waals surface area contributed by atoms with Crippen LogP contribution in [0.1, 0.15) is 42.9 Å². The molecule has 1 aromatic rings. The van der Waals surface area contributed by atoms with Gasteiger partial charge in [0.25, 0.3) is 0 Å². The van der Waals surface area contributed by atoms with Gasteiger partial charge in [0.2, 0.25) is 5.91 Å². The van der Waals surface area contributed by atoms with Gasteiger partial charge in [0.15, 0.2) is 0 Å². The smallest absolute Gasteiger partial charge is 0.314 e. The zero-order valence-corrected chi connectivity index (χ0v) is 23.8. The summed E-state index contributed by atoms with van der Waals surface area (Å²) in [5.74, 6) is 0.734. The third-order valence-electron chi connectivity index (χ3n) is 7.85. The molecule has 4 aliphatic rings. The van der Waals surface area contributed by atoms with Crippen molar-refractivity contribution >= 4 is 50.0 Å². The summed E-state index contributed by atoms with van der Waals surface area (Å²) in [4.78, 5) is 35.4. The van der Waals surface area contributed by atoms with Crippen molar-refractivity contribution < 1.29 is 14.7 Å². The highest BCUT2D eigenvalue weighted by Crippen LogP contribution is 2.44. The number of hydrogen-bond donors (Lipinski definition) is 2. The minimum atomic E-state index is -0.377. The molecule has 1 unspecified atom stereocenters. The molecule has 0 radical (unpaired) electrons. The summed E-state index contributed by atoms with van der Waals surface area (Å²) < 4.78 is 1.68. The van der Waals surface area contributed by atoms with Crippen LogP contribution in [0.15, 0.2) is 49.2 Å². The number of fused-ring (bicyclic) bond motifs is 1. The normalized spacial score (nSPS) is 22.8. The van der Waals surface area contributed by atoms with Crippen LogP contribution in [0.4, 0.5) is 4.79 Å². The largest absolute Gasteiger partial charge is 0.508 e. The lowest BCUT2D eigenvalue weighted by Gasteiger charge is -2.41. The highest BCUT2D eigenvalue weighted by atomic mass is 79.9. The van der Waals surface area contributed by atoms with Crippen molar-refractivity contribution in [2.45, 2.75) is 38.1 Å². The summed E-state index contributed by atoms with van der Waals surface area (Å²) in [6, 6.07) is 3.15. The molecular formula is C27H31Br2N5O3. The second-order valence-electron chi connectivity index (χ2n) is 10.1. The Labute approximate surface area is 233 Å². The molecule has 2 saturated heterocycles. The number of phenols is 1. The minimum absolute atomic E-state index is 0.0921. The molecule has 3 aliphatic heterocycles. The zero-order valence-electron chi connectivity index (χ0n) is 20.6. The average molecular weight is 633 g/mol. The van der Waals surface area contributed by atoms with Gasteiger partial charge in [-0.2, -0.15) is 0 Å². The van der Waals surface area contributed by atoms with Crippen LogP contribution in [0.25, 0.3) is 0 Å². The summed E-state index contributed by atoms with van der Waals surface area (Å²) in [5, 5.41) is 10.3. The van der Waals surface area contributed by atoms with E-state index in [2.05, 4.69) is 42.5 Å². The van der Waals surface area contributed by atoms with Crippen molar-refractivity contribution in [3.63, 3.8) is 0 Å². The summed E-state index contributed by atoms with van der Waals surface area (Å²) in [5.41, 5.74) is 13.0. The van der Waals surface area contributed by atoms with E-state index < -0.39 is 0 Å². The molecule has 10 heteroatoms. The number of halogens is 2. The van der Waals surface area contributed by atoms with E-state index in [0.717, 1.165) is 70.1 Å². The molecule has 3 N–H and O–H groups in total. The van der Waals surface area contributed by atoms with E-state index in [4.69, 9.17) is 10.7 Å². The molecule has 0 aromatic heterocycles. The number of rotatable bonds is 3. The number of amides is 3. The molecule has 0 bridgehead atoms. The van der Waals surface area contributed by atoms with Crippen LogP contribution in [-0.4, -0.2) is 77.2 Å². The Morgan fingerprint density at radius 1 is 1.05 bits per heavy atom. The van der Waals surface area contributed by atoms with Crippen LogP contribution in [0.5, 0.6) is 5.75 Å². The number of nitrogens with two attached hydrogens (primary N) is 1. The Balaban J connectivity index is 1.32. The van der Waals surface area contributed by atoms with Crippen molar-refractivity contribution in [1.29, 1.82) is 0 Å². The minimum Gasteiger partial charge on any atom is -0.508 e. The Kier molecular flexibility index (Phi) is 7.91. The van der Waals surface area contributed by atoms with Gasteiger partial charge in [-0.1, -0.05) is 15.9 Å². The monoisotopic (exact) mass is 631 g/mol. The molecule has 8 nitrogen and oxygen atoms in total. The van der Waals surface area contributed by atoms with Crippen molar-refractivity contribution in [1.82, 2.24) is 14.7 Å². The van der Waals surface area contributed by atoms with Gasteiger partial charge in [-0.05, 0) is 82.4 Å². The molecule has 1 atom stereocenters. The van der Waals surface area contributed by atoms with E-state index >= 15 is 0 Å². The number of allylic oxidation sites excluding steroid dienone is 2. The lowest BCUT2D eigenvalue weighted by Crippen LogP contribution is -2.50. The van der Waals surface area contributed by atoms with E-state index in [9.17, 15) is 14.7 Å². The van der Waals surface area contributed by atoms with E-state index in [1.807, 2.05) is 17.0 Å². The molecule has 0 spiro atoms. The predicted octanol–water partition coefficient (Wildman–Crippen LogP) is 4.24. The number of carbonyl (C=O) groups excluding carboxylic acids is 2. The van der Waals surface area contributed by atoms with Gasteiger partial charge < -0.3 is 20.6 Å². The Hall–Kier alpha value is -2.39. The van der Waals surface area contributed by atoms with E-state index in [-0.39, 0.29) is 23.7 Å². The maximum absolute atomic E-state index is 13.1. The highest BCUT2D eigenvalue weighted by molar-refractivity contribution is 9.12.